The molecule has 0 radical (unpaired) electrons. The number of hydrogen-bond acceptors (Lipinski definition) is 8. The Morgan fingerprint density at radius 3 is 2.09 bits per heavy atom. The Morgan fingerprint density at radius 2 is 1.64 bits per heavy atom. The van der Waals surface area contributed by atoms with E-state index >= 15 is 0 Å². The maximum atomic E-state index is 11.5. The molecule has 1 unspecified atom stereocenters. The first kappa shape index (κ1) is 20.2. The Labute approximate surface area is 131 Å². The molecule has 0 saturated carbocycles. The minimum Gasteiger partial charge on any atom is -0.550 e. The van der Waals surface area contributed by atoms with E-state index in [9.17, 15) is 34.5 Å². The summed E-state index contributed by atoms with van der Waals surface area (Å²) in [4.78, 5) is 43.4. The molecule has 3 atom stereocenters. The van der Waals surface area contributed by atoms with Crippen LogP contribution >= 0.6 is 11.8 Å². The van der Waals surface area contributed by atoms with Crippen LogP contribution in [0.5, 0.6) is 0 Å². The summed E-state index contributed by atoms with van der Waals surface area (Å²) in [7, 11) is 0. The van der Waals surface area contributed by atoms with Gasteiger partial charge in [0.1, 0.15) is 6.04 Å². The number of quaternary nitrogens is 1. The van der Waals surface area contributed by atoms with E-state index < -0.39 is 41.8 Å². The molecular formula is C12H18N2O7S-2. The Balaban J connectivity index is 4.23. The molecule has 0 spiro atoms. The molecule has 9 nitrogen and oxygen atoms in total. The number of carboxylic acids is 3. The zero-order chi connectivity index (χ0) is 17.3. The van der Waals surface area contributed by atoms with Crippen LogP contribution in [0.15, 0.2) is 0 Å². The molecule has 0 heterocycles. The van der Waals surface area contributed by atoms with Gasteiger partial charge in [0.05, 0.1) is 18.0 Å². The van der Waals surface area contributed by atoms with Crippen LogP contribution in [0.2, 0.25) is 0 Å². The highest BCUT2D eigenvalue weighted by molar-refractivity contribution is 7.99. The average molecular weight is 334 g/mol. The number of thioether (sulfide) groups is 1. The maximum absolute atomic E-state index is 11.5. The van der Waals surface area contributed by atoms with Crippen molar-refractivity contribution in [2.45, 2.75) is 31.8 Å². The molecule has 22 heavy (non-hydrogen) atoms. The number of nitrogens with one attached hydrogen (secondary N) is 1. The van der Waals surface area contributed by atoms with Gasteiger partial charge in [-0.2, -0.15) is 11.8 Å². The largest absolute Gasteiger partial charge is 0.550 e. The van der Waals surface area contributed by atoms with Crippen LogP contribution < -0.4 is 26.4 Å². The van der Waals surface area contributed by atoms with Crippen molar-refractivity contribution in [1.82, 2.24) is 5.32 Å². The standard InChI is InChI=1S/C12H20N2O7S/c1-6(10(16)17)4-22-5-8(12(20)21)14-9(15)3-2-7(13)11(18)19/h6-8H,2-5,13H2,1H3,(H,14,15)(H,16,17)(H,18,19)(H,20,21)/p-2/t6?,7-,8-/m0/s1. The van der Waals surface area contributed by atoms with Crippen LogP contribution in [0, 0.1) is 5.92 Å². The molecule has 0 aliphatic carbocycles. The van der Waals surface area contributed by atoms with Crippen LogP contribution in [0.4, 0.5) is 0 Å². The zero-order valence-corrected chi connectivity index (χ0v) is 12.9. The first-order chi connectivity index (χ1) is 10.1. The van der Waals surface area contributed by atoms with E-state index in [-0.39, 0.29) is 24.3 Å². The van der Waals surface area contributed by atoms with Crippen molar-refractivity contribution in [2.24, 2.45) is 5.92 Å². The number of carbonyl (C=O) groups excluding carboxylic acids is 4. The summed E-state index contributed by atoms with van der Waals surface area (Å²) in [5, 5.41) is 34.0. The van der Waals surface area contributed by atoms with Crippen molar-refractivity contribution in [3.63, 3.8) is 0 Å². The van der Waals surface area contributed by atoms with E-state index in [1.807, 2.05) is 0 Å². The van der Waals surface area contributed by atoms with Gasteiger partial charge in [0, 0.05) is 36.2 Å². The third-order valence-corrected chi connectivity index (χ3v) is 4.03. The van der Waals surface area contributed by atoms with Gasteiger partial charge in [-0.05, 0) is 0 Å². The molecule has 0 aromatic rings. The smallest absolute Gasteiger partial charge is 0.220 e. The third kappa shape index (κ3) is 8.47. The van der Waals surface area contributed by atoms with Gasteiger partial charge in [-0.1, -0.05) is 6.92 Å². The molecule has 126 valence electrons. The van der Waals surface area contributed by atoms with E-state index in [0.29, 0.717) is 0 Å². The SMILES string of the molecule is CC(CSC[C@H](NC(=O)CC[C@H]([NH3+])C(=O)[O-])C(=O)[O-])C(=O)[O-]. The minimum absolute atomic E-state index is 0.0695. The van der Waals surface area contributed by atoms with Crippen LogP contribution in [0.1, 0.15) is 19.8 Å². The van der Waals surface area contributed by atoms with Crippen LogP contribution in [-0.4, -0.2) is 47.4 Å². The molecule has 0 bridgehead atoms. The van der Waals surface area contributed by atoms with Gasteiger partial charge < -0.3 is 40.8 Å². The van der Waals surface area contributed by atoms with Crippen molar-refractivity contribution < 1.29 is 40.2 Å². The lowest BCUT2D eigenvalue weighted by atomic mass is 10.1. The summed E-state index contributed by atoms with van der Waals surface area (Å²) in [5.41, 5.74) is 3.27. The fourth-order valence-electron chi connectivity index (χ4n) is 1.29. The summed E-state index contributed by atoms with van der Waals surface area (Å²) in [6.07, 6.45) is -0.297. The van der Waals surface area contributed by atoms with Gasteiger partial charge >= 0.3 is 0 Å². The van der Waals surface area contributed by atoms with E-state index in [1.165, 1.54) is 6.92 Å². The van der Waals surface area contributed by atoms with Gasteiger partial charge in [-0.25, -0.2) is 0 Å². The van der Waals surface area contributed by atoms with Gasteiger partial charge in [-0.15, -0.1) is 0 Å². The summed E-state index contributed by atoms with van der Waals surface area (Å²) < 4.78 is 0. The predicted octanol–water partition coefficient (Wildman–Crippen LogP) is -5.52. The van der Waals surface area contributed by atoms with E-state index in [1.54, 1.807) is 0 Å². The maximum Gasteiger partial charge on any atom is 0.220 e. The Kier molecular flexibility index (Phi) is 9.18. The second-order valence-corrected chi connectivity index (χ2v) is 5.83. The van der Waals surface area contributed by atoms with Crippen molar-refractivity contribution in [2.75, 3.05) is 11.5 Å². The highest BCUT2D eigenvalue weighted by Gasteiger charge is 2.16. The fourth-order valence-corrected chi connectivity index (χ4v) is 2.37. The number of rotatable bonds is 11. The monoisotopic (exact) mass is 334 g/mol. The lowest BCUT2D eigenvalue weighted by Gasteiger charge is -2.21. The van der Waals surface area contributed by atoms with Crippen molar-refractivity contribution in [3.05, 3.63) is 0 Å². The molecule has 1 amide bonds. The predicted molar refractivity (Wildman–Crippen MR) is 69.4 cm³/mol. The molecule has 0 saturated heterocycles. The summed E-state index contributed by atoms with van der Waals surface area (Å²) in [5.74, 6) is -5.49. The molecule has 0 aromatic carbocycles. The molecule has 0 rings (SSSR count). The van der Waals surface area contributed by atoms with Crippen LogP contribution in [0.3, 0.4) is 0 Å². The Hall–Kier alpha value is -1.81. The van der Waals surface area contributed by atoms with Crippen LogP contribution in [0.25, 0.3) is 0 Å². The number of hydrogen-bond donors (Lipinski definition) is 2. The molecule has 0 aliphatic rings. The van der Waals surface area contributed by atoms with Crippen molar-refractivity contribution in [3.8, 4) is 0 Å². The van der Waals surface area contributed by atoms with Gasteiger partial charge in [0.2, 0.25) is 5.91 Å². The summed E-state index contributed by atoms with van der Waals surface area (Å²) >= 11 is 1.02. The normalized spacial score (nSPS) is 14.6. The summed E-state index contributed by atoms with van der Waals surface area (Å²) in [6.45, 7) is 1.42. The van der Waals surface area contributed by atoms with Crippen LogP contribution in [-0.2, 0) is 19.2 Å². The Morgan fingerprint density at radius 1 is 1.05 bits per heavy atom. The first-order valence-corrected chi connectivity index (χ1v) is 7.63. The highest BCUT2D eigenvalue weighted by atomic mass is 32.2. The van der Waals surface area contributed by atoms with Crippen molar-refractivity contribution in [1.29, 1.82) is 0 Å². The van der Waals surface area contributed by atoms with Gasteiger partial charge in [0.25, 0.3) is 0 Å². The van der Waals surface area contributed by atoms with Crippen molar-refractivity contribution >= 4 is 35.6 Å². The minimum atomic E-state index is -1.51. The number of carboxylic acid groups (broad SMARTS) is 3. The molecule has 10 heteroatoms. The van der Waals surface area contributed by atoms with E-state index in [0.717, 1.165) is 11.8 Å². The number of amides is 1. The molecule has 0 aliphatic heterocycles. The van der Waals surface area contributed by atoms with E-state index in [4.69, 9.17) is 0 Å². The van der Waals surface area contributed by atoms with Gasteiger partial charge in [0.15, 0.2) is 0 Å². The second-order valence-electron chi connectivity index (χ2n) is 4.75. The topological polar surface area (TPSA) is 177 Å². The number of aliphatic carboxylic acids is 3. The summed E-state index contributed by atoms with van der Waals surface area (Å²) in [6, 6.07) is -2.36. The molecule has 0 fully saturated rings. The van der Waals surface area contributed by atoms with E-state index in [2.05, 4.69) is 11.1 Å². The number of carbonyl (C=O) groups is 4. The molecule has 4 N–H and O–H groups in total. The fraction of sp³-hybridized carbons (Fsp3) is 0.667. The third-order valence-electron chi connectivity index (χ3n) is 2.73. The quantitative estimate of drug-likeness (QED) is 0.375. The lowest BCUT2D eigenvalue weighted by molar-refractivity contribution is -0.438. The van der Waals surface area contributed by atoms with Gasteiger partial charge in [-0.3, -0.25) is 4.79 Å². The zero-order valence-electron chi connectivity index (χ0n) is 12.0. The first-order valence-electron chi connectivity index (χ1n) is 6.47. The highest BCUT2D eigenvalue weighted by Crippen LogP contribution is 2.09. The molecular weight excluding hydrogens is 316 g/mol. The molecule has 0 aromatic heterocycles. The lowest BCUT2D eigenvalue weighted by Crippen LogP contribution is -2.68. The Bertz CT molecular complexity index is 430. The average Bonchev–Trinajstić information content (AvgIpc) is 2.42. The second kappa shape index (κ2) is 10.0.